The van der Waals surface area contributed by atoms with Gasteiger partial charge in [-0.2, -0.15) is 0 Å². The first-order valence-corrected chi connectivity index (χ1v) is 6.08. The highest BCUT2D eigenvalue weighted by atomic mass is 16.5. The zero-order chi connectivity index (χ0) is 14.3. The van der Waals surface area contributed by atoms with Crippen molar-refractivity contribution in [1.82, 2.24) is 0 Å². The Morgan fingerprint density at radius 1 is 1.00 bits per heavy atom. The largest absolute Gasteiger partial charge is 0.508 e. The Bertz CT molecular complexity index is 693. The van der Waals surface area contributed by atoms with Gasteiger partial charge in [0.25, 0.3) is 0 Å². The fourth-order valence-electron chi connectivity index (χ4n) is 2.23. The van der Waals surface area contributed by atoms with Gasteiger partial charge in [0.15, 0.2) is 23.4 Å². The third-order valence-corrected chi connectivity index (χ3v) is 3.25. The van der Waals surface area contributed by atoms with E-state index in [2.05, 4.69) is 0 Å². The summed E-state index contributed by atoms with van der Waals surface area (Å²) in [6, 6.07) is 8.72. The lowest BCUT2D eigenvalue weighted by atomic mass is 9.96. The second kappa shape index (κ2) is 4.45. The summed E-state index contributed by atoms with van der Waals surface area (Å²) in [4.78, 5) is 12.1. The number of aromatic hydroxyl groups is 3. The van der Waals surface area contributed by atoms with Crippen molar-refractivity contribution in [3.8, 4) is 23.0 Å². The second-order valence-electron chi connectivity index (χ2n) is 4.68. The predicted molar refractivity (Wildman–Crippen MR) is 70.0 cm³/mol. The van der Waals surface area contributed by atoms with Gasteiger partial charge in [-0.15, -0.1) is 0 Å². The summed E-state index contributed by atoms with van der Waals surface area (Å²) in [7, 11) is 0. The molecule has 0 spiro atoms. The van der Waals surface area contributed by atoms with Gasteiger partial charge in [-0.25, -0.2) is 0 Å². The molecule has 1 aliphatic heterocycles. The average Bonchev–Trinajstić information content (AvgIpc) is 2.42. The van der Waals surface area contributed by atoms with Crippen LogP contribution in [0, 0.1) is 0 Å². The third-order valence-electron chi connectivity index (χ3n) is 3.25. The molecule has 2 aromatic carbocycles. The summed E-state index contributed by atoms with van der Waals surface area (Å²) in [6.45, 7) is 0. The molecule has 0 fully saturated rings. The van der Waals surface area contributed by atoms with E-state index < -0.39 is 6.10 Å². The van der Waals surface area contributed by atoms with Crippen LogP contribution in [0.2, 0.25) is 0 Å². The van der Waals surface area contributed by atoms with Crippen LogP contribution < -0.4 is 4.74 Å². The number of benzene rings is 2. The highest BCUT2D eigenvalue weighted by Crippen LogP contribution is 2.37. The molecule has 2 aromatic rings. The number of ether oxygens (including phenoxy) is 1. The molecule has 3 N–H and O–H groups in total. The van der Waals surface area contributed by atoms with Gasteiger partial charge in [0.1, 0.15) is 11.5 Å². The molecule has 1 atom stereocenters. The number of hydrogen-bond acceptors (Lipinski definition) is 5. The topological polar surface area (TPSA) is 87.0 Å². The van der Waals surface area contributed by atoms with Crippen molar-refractivity contribution in [2.45, 2.75) is 12.5 Å². The number of hydrogen-bond donors (Lipinski definition) is 3. The van der Waals surface area contributed by atoms with E-state index in [4.69, 9.17) is 4.74 Å². The standard InChI is InChI=1S/C15H12O5/c16-10-3-1-8-5-13(19)15(20-14(8)7-10)9-2-4-11(17)12(18)6-9/h1-4,6-7,15-18H,5H2. The van der Waals surface area contributed by atoms with Crippen LogP contribution in [-0.2, 0) is 11.2 Å². The van der Waals surface area contributed by atoms with Crippen molar-refractivity contribution in [2.75, 3.05) is 0 Å². The Hall–Kier alpha value is -2.69. The van der Waals surface area contributed by atoms with E-state index in [1.807, 2.05) is 0 Å². The molecule has 0 saturated carbocycles. The maximum Gasteiger partial charge on any atom is 0.182 e. The zero-order valence-electron chi connectivity index (χ0n) is 10.4. The molecule has 0 aliphatic carbocycles. The van der Waals surface area contributed by atoms with Gasteiger partial charge < -0.3 is 20.1 Å². The molecule has 1 heterocycles. The van der Waals surface area contributed by atoms with Crippen LogP contribution in [0.4, 0.5) is 0 Å². The molecule has 0 aromatic heterocycles. The highest BCUT2D eigenvalue weighted by Gasteiger charge is 2.29. The molecule has 0 bridgehead atoms. The lowest BCUT2D eigenvalue weighted by Gasteiger charge is -2.25. The second-order valence-corrected chi connectivity index (χ2v) is 4.68. The van der Waals surface area contributed by atoms with E-state index in [9.17, 15) is 20.1 Å². The average molecular weight is 272 g/mol. The molecule has 1 aliphatic rings. The molecule has 5 nitrogen and oxygen atoms in total. The monoisotopic (exact) mass is 272 g/mol. The van der Waals surface area contributed by atoms with Gasteiger partial charge >= 0.3 is 0 Å². The van der Waals surface area contributed by atoms with Crippen LogP contribution in [0.25, 0.3) is 0 Å². The first-order chi connectivity index (χ1) is 9.54. The summed E-state index contributed by atoms with van der Waals surface area (Å²) in [6.07, 6.45) is -0.655. The zero-order valence-corrected chi connectivity index (χ0v) is 10.4. The number of Topliss-reactive ketones (excluding diaryl/α,β-unsaturated/α-hetero) is 1. The molecule has 102 valence electrons. The van der Waals surface area contributed by atoms with Crippen molar-refractivity contribution in [3.05, 3.63) is 47.5 Å². The molecular weight excluding hydrogens is 260 g/mol. The Morgan fingerprint density at radius 2 is 1.80 bits per heavy atom. The van der Waals surface area contributed by atoms with Gasteiger partial charge in [0.2, 0.25) is 0 Å². The molecule has 0 radical (unpaired) electrons. The van der Waals surface area contributed by atoms with Gasteiger partial charge in [-0.3, -0.25) is 4.79 Å². The predicted octanol–water partition coefficient (Wildman–Crippen LogP) is 2.05. The molecular formula is C15H12O5. The van der Waals surface area contributed by atoms with Gasteiger partial charge in [-0.05, 0) is 18.2 Å². The van der Waals surface area contributed by atoms with E-state index in [0.29, 0.717) is 16.9 Å². The van der Waals surface area contributed by atoms with Crippen molar-refractivity contribution in [2.24, 2.45) is 0 Å². The Balaban J connectivity index is 1.99. The fraction of sp³-hybridized carbons (Fsp3) is 0.133. The number of phenolic OH excluding ortho intramolecular Hbond substituents is 3. The number of carbonyl (C=O) groups is 1. The maximum absolute atomic E-state index is 12.1. The summed E-state index contributed by atoms with van der Waals surface area (Å²) < 4.78 is 5.60. The van der Waals surface area contributed by atoms with Crippen LogP contribution >= 0.6 is 0 Å². The number of phenols is 3. The highest BCUT2D eigenvalue weighted by molar-refractivity contribution is 5.89. The Kier molecular flexibility index (Phi) is 2.75. The van der Waals surface area contributed by atoms with Gasteiger partial charge in [0.05, 0.1) is 0 Å². The first kappa shape index (κ1) is 12.3. The van der Waals surface area contributed by atoms with Gasteiger partial charge in [0, 0.05) is 23.6 Å². The minimum atomic E-state index is -0.851. The minimum absolute atomic E-state index is 0.0606. The number of rotatable bonds is 1. The van der Waals surface area contributed by atoms with Crippen molar-refractivity contribution in [3.63, 3.8) is 0 Å². The number of ketones is 1. The minimum Gasteiger partial charge on any atom is -0.508 e. The summed E-state index contributed by atoms with van der Waals surface area (Å²) in [5, 5.41) is 28.2. The van der Waals surface area contributed by atoms with Crippen molar-refractivity contribution >= 4 is 5.78 Å². The van der Waals surface area contributed by atoms with Crippen LogP contribution in [-0.4, -0.2) is 21.1 Å². The molecule has 3 rings (SSSR count). The van der Waals surface area contributed by atoms with E-state index >= 15 is 0 Å². The van der Waals surface area contributed by atoms with E-state index in [0.717, 1.165) is 0 Å². The van der Waals surface area contributed by atoms with Crippen molar-refractivity contribution < 1.29 is 24.9 Å². The Labute approximate surface area is 114 Å². The third kappa shape index (κ3) is 2.03. The molecule has 20 heavy (non-hydrogen) atoms. The van der Waals surface area contributed by atoms with E-state index in [1.54, 1.807) is 6.07 Å². The smallest absolute Gasteiger partial charge is 0.182 e. The van der Waals surface area contributed by atoms with E-state index in [-0.39, 0.29) is 29.5 Å². The quantitative estimate of drug-likeness (QED) is 0.692. The summed E-state index contributed by atoms with van der Waals surface area (Å²) in [5.74, 6) is -0.198. The van der Waals surface area contributed by atoms with E-state index in [1.165, 1.54) is 30.3 Å². The van der Waals surface area contributed by atoms with Gasteiger partial charge in [-0.1, -0.05) is 12.1 Å². The normalized spacial score (nSPS) is 17.4. The lowest BCUT2D eigenvalue weighted by molar-refractivity contribution is -0.126. The summed E-state index contributed by atoms with van der Waals surface area (Å²) >= 11 is 0. The maximum atomic E-state index is 12.1. The first-order valence-electron chi connectivity index (χ1n) is 6.08. The Morgan fingerprint density at radius 3 is 2.55 bits per heavy atom. The van der Waals surface area contributed by atoms with Crippen LogP contribution in [0.3, 0.4) is 0 Å². The van der Waals surface area contributed by atoms with Crippen LogP contribution in [0.1, 0.15) is 17.2 Å². The SMILES string of the molecule is O=C1Cc2ccc(O)cc2OC1c1ccc(O)c(O)c1. The summed E-state index contributed by atoms with van der Waals surface area (Å²) in [5.41, 5.74) is 1.17. The molecule has 5 heteroatoms. The lowest BCUT2D eigenvalue weighted by Crippen LogP contribution is -2.25. The van der Waals surface area contributed by atoms with Crippen molar-refractivity contribution in [1.29, 1.82) is 0 Å². The van der Waals surface area contributed by atoms with Crippen LogP contribution in [0.15, 0.2) is 36.4 Å². The molecule has 0 amide bonds. The number of carbonyl (C=O) groups excluding carboxylic acids is 1. The molecule has 1 unspecified atom stereocenters. The fourth-order valence-corrected chi connectivity index (χ4v) is 2.23. The number of fused-ring (bicyclic) bond motifs is 1. The molecule has 0 saturated heterocycles. The van der Waals surface area contributed by atoms with Crippen LogP contribution in [0.5, 0.6) is 23.0 Å².